The molecule has 2 amide bonds. The average Bonchev–Trinajstić information content (AvgIpc) is 2.79. The fraction of sp³-hybridized carbons (Fsp3) is 0.0435. The molecule has 148 valence electrons. The summed E-state index contributed by atoms with van der Waals surface area (Å²) in [5.41, 5.74) is 4.84. The molecule has 0 saturated heterocycles. The summed E-state index contributed by atoms with van der Waals surface area (Å²) >= 11 is 0. The second-order valence-corrected chi connectivity index (χ2v) is 6.19. The second kappa shape index (κ2) is 10.2. The van der Waals surface area contributed by atoms with Crippen LogP contribution in [0.5, 0.6) is 5.75 Å². The number of carbonyl (C=O) groups is 2. The van der Waals surface area contributed by atoms with Crippen molar-refractivity contribution in [3.05, 3.63) is 95.6 Å². The highest BCUT2D eigenvalue weighted by Crippen LogP contribution is 2.13. The molecule has 2 N–H and O–H groups in total. The maximum Gasteiger partial charge on any atom is 0.329 e. The van der Waals surface area contributed by atoms with E-state index >= 15 is 0 Å². The van der Waals surface area contributed by atoms with Gasteiger partial charge in [0.25, 0.3) is 0 Å². The lowest BCUT2D eigenvalue weighted by Crippen LogP contribution is -2.32. The van der Waals surface area contributed by atoms with E-state index in [0.29, 0.717) is 23.6 Å². The van der Waals surface area contributed by atoms with E-state index in [1.165, 1.54) is 18.3 Å². The normalized spacial score (nSPS) is 10.2. The van der Waals surface area contributed by atoms with E-state index in [1.54, 1.807) is 36.4 Å². The van der Waals surface area contributed by atoms with Crippen molar-refractivity contribution >= 4 is 23.7 Å². The van der Waals surface area contributed by atoms with Crippen molar-refractivity contribution in [3.8, 4) is 11.8 Å². The Morgan fingerprint density at radius 3 is 2.30 bits per heavy atom. The van der Waals surface area contributed by atoms with Crippen LogP contribution in [0.25, 0.3) is 0 Å². The Morgan fingerprint density at radius 2 is 1.63 bits per heavy atom. The molecule has 0 atom stereocenters. The minimum atomic E-state index is -0.904. The molecule has 0 radical (unpaired) electrons. The molecule has 0 unspecified atom stereocenters. The number of nitrogens with zero attached hydrogens (tertiary/aromatic N) is 2. The Bertz CT molecular complexity index is 1070. The number of rotatable bonds is 6. The SMILES string of the molecule is N#Cc1ccc(NC(=O)C(=O)N/N=C/c2ccc(OCc3ccccc3)cc2)cc1. The van der Waals surface area contributed by atoms with Crippen LogP contribution in [0.4, 0.5) is 5.69 Å². The van der Waals surface area contributed by atoms with Crippen LogP contribution in [0.3, 0.4) is 0 Å². The summed E-state index contributed by atoms with van der Waals surface area (Å²) in [6.45, 7) is 0.471. The van der Waals surface area contributed by atoms with Gasteiger partial charge in [0.2, 0.25) is 0 Å². The van der Waals surface area contributed by atoms with Crippen molar-refractivity contribution in [1.29, 1.82) is 5.26 Å². The van der Waals surface area contributed by atoms with Gasteiger partial charge in [0, 0.05) is 5.69 Å². The number of anilines is 1. The lowest BCUT2D eigenvalue weighted by molar-refractivity contribution is -0.136. The van der Waals surface area contributed by atoms with E-state index in [-0.39, 0.29) is 0 Å². The number of hydrogen-bond acceptors (Lipinski definition) is 5. The van der Waals surface area contributed by atoms with Gasteiger partial charge in [0.1, 0.15) is 12.4 Å². The van der Waals surface area contributed by atoms with Gasteiger partial charge in [-0.25, -0.2) is 5.43 Å². The van der Waals surface area contributed by atoms with Crippen LogP contribution in [0.1, 0.15) is 16.7 Å². The summed E-state index contributed by atoms with van der Waals surface area (Å²) in [6.07, 6.45) is 1.42. The lowest BCUT2D eigenvalue weighted by atomic mass is 10.2. The van der Waals surface area contributed by atoms with Gasteiger partial charge in [-0.3, -0.25) is 9.59 Å². The van der Waals surface area contributed by atoms with Gasteiger partial charge in [-0.2, -0.15) is 10.4 Å². The molecule has 0 aliphatic rings. The first-order valence-electron chi connectivity index (χ1n) is 9.05. The number of hydrazone groups is 1. The van der Waals surface area contributed by atoms with Crippen LogP contribution in [-0.2, 0) is 16.2 Å². The molecule has 3 aromatic rings. The molecule has 3 aromatic carbocycles. The van der Waals surface area contributed by atoms with Crippen molar-refractivity contribution < 1.29 is 14.3 Å². The Kier molecular flexibility index (Phi) is 6.90. The zero-order valence-electron chi connectivity index (χ0n) is 15.9. The molecule has 30 heavy (non-hydrogen) atoms. The first-order chi connectivity index (χ1) is 14.6. The molecule has 0 aliphatic carbocycles. The highest BCUT2D eigenvalue weighted by Gasteiger charge is 2.12. The standard InChI is InChI=1S/C23H18N4O3/c24-14-17-6-10-20(11-7-17)26-22(28)23(29)27-25-15-18-8-12-21(13-9-18)30-16-19-4-2-1-3-5-19/h1-13,15H,16H2,(H,26,28)(H,27,29)/b25-15+. The molecular formula is C23H18N4O3. The predicted molar refractivity (Wildman–Crippen MR) is 113 cm³/mol. The molecule has 7 nitrogen and oxygen atoms in total. The Hall–Kier alpha value is -4.44. The van der Waals surface area contributed by atoms with Gasteiger partial charge >= 0.3 is 11.8 Å². The molecule has 0 saturated carbocycles. The van der Waals surface area contributed by atoms with E-state index in [2.05, 4.69) is 15.8 Å². The third-order valence-corrected chi connectivity index (χ3v) is 3.99. The van der Waals surface area contributed by atoms with E-state index in [4.69, 9.17) is 10.00 Å². The summed E-state index contributed by atoms with van der Waals surface area (Å²) in [5.74, 6) is -1.05. The highest BCUT2D eigenvalue weighted by molar-refractivity contribution is 6.39. The van der Waals surface area contributed by atoms with Crippen LogP contribution in [-0.4, -0.2) is 18.0 Å². The monoisotopic (exact) mass is 398 g/mol. The largest absolute Gasteiger partial charge is 0.489 e. The maximum absolute atomic E-state index is 11.9. The maximum atomic E-state index is 11.9. The van der Waals surface area contributed by atoms with Gasteiger partial charge in [-0.15, -0.1) is 0 Å². The molecule has 0 aromatic heterocycles. The molecule has 7 heteroatoms. The van der Waals surface area contributed by atoms with Gasteiger partial charge in [-0.05, 0) is 59.7 Å². The first kappa shape index (κ1) is 20.3. The van der Waals surface area contributed by atoms with Gasteiger partial charge < -0.3 is 10.1 Å². The fourth-order valence-electron chi connectivity index (χ4n) is 2.42. The number of nitrogens with one attached hydrogen (secondary N) is 2. The summed E-state index contributed by atoms with van der Waals surface area (Å²) in [7, 11) is 0. The van der Waals surface area contributed by atoms with Gasteiger partial charge in [-0.1, -0.05) is 30.3 Å². The summed E-state index contributed by atoms with van der Waals surface area (Å²) in [6, 6.07) is 25.1. The first-order valence-corrected chi connectivity index (χ1v) is 9.05. The zero-order chi connectivity index (χ0) is 21.2. The highest BCUT2D eigenvalue weighted by atomic mass is 16.5. The van der Waals surface area contributed by atoms with Crippen LogP contribution in [0.15, 0.2) is 84.0 Å². The van der Waals surface area contributed by atoms with E-state index < -0.39 is 11.8 Å². The molecule has 0 fully saturated rings. The Balaban J connectivity index is 1.46. The molecule has 0 heterocycles. The summed E-state index contributed by atoms with van der Waals surface area (Å²) in [5, 5.41) is 15.0. The topological polar surface area (TPSA) is 104 Å². The van der Waals surface area contributed by atoms with E-state index in [1.807, 2.05) is 36.4 Å². The smallest absolute Gasteiger partial charge is 0.329 e. The number of ether oxygens (including phenoxy) is 1. The third-order valence-electron chi connectivity index (χ3n) is 3.99. The number of hydrogen-bond donors (Lipinski definition) is 2. The zero-order valence-corrected chi connectivity index (χ0v) is 15.9. The molecule has 3 rings (SSSR count). The van der Waals surface area contributed by atoms with Gasteiger partial charge in [0.05, 0.1) is 17.8 Å². The number of nitriles is 1. The fourth-order valence-corrected chi connectivity index (χ4v) is 2.42. The Morgan fingerprint density at radius 1 is 0.933 bits per heavy atom. The van der Waals surface area contributed by atoms with Crippen LogP contribution in [0, 0.1) is 11.3 Å². The molecule has 0 bridgehead atoms. The number of amides is 2. The van der Waals surface area contributed by atoms with Crippen LogP contribution >= 0.6 is 0 Å². The van der Waals surface area contributed by atoms with Crippen molar-refractivity contribution in [2.24, 2.45) is 5.10 Å². The molecular weight excluding hydrogens is 380 g/mol. The number of benzene rings is 3. The minimum absolute atomic E-state index is 0.407. The van der Waals surface area contributed by atoms with Crippen molar-refractivity contribution in [1.82, 2.24) is 5.43 Å². The average molecular weight is 398 g/mol. The number of carbonyl (C=O) groups excluding carboxylic acids is 2. The van der Waals surface area contributed by atoms with E-state index in [0.717, 1.165) is 11.1 Å². The Labute approximate surface area is 173 Å². The van der Waals surface area contributed by atoms with Crippen molar-refractivity contribution in [3.63, 3.8) is 0 Å². The van der Waals surface area contributed by atoms with Crippen LogP contribution in [0.2, 0.25) is 0 Å². The van der Waals surface area contributed by atoms with E-state index in [9.17, 15) is 9.59 Å². The van der Waals surface area contributed by atoms with Crippen molar-refractivity contribution in [2.45, 2.75) is 6.61 Å². The summed E-state index contributed by atoms with van der Waals surface area (Å²) in [4.78, 5) is 23.7. The predicted octanol–water partition coefficient (Wildman–Crippen LogP) is 3.23. The quantitative estimate of drug-likeness (QED) is 0.378. The second-order valence-electron chi connectivity index (χ2n) is 6.19. The lowest BCUT2D eigenvalue weighted by Gasteiger charge is -2.06. The van der Waals surface area contributed by atoms with Crippen molar-refractivity contribution in [2.75, 3.05) is 5.32 Å². The third kappa shape index (κ3) is 6.04. The molecule has 0 spiro atoms. The minimum Gasteiger partial charge on any atom is -0.489 e. The van der Waals surface area contributed by atoms with Gasteiger partial charge in [0.15, 0.2) is 0 Å². The molecule has 0 aliphatic heterocycles. The van der Waals surface area contributed by atoms with Crippen LogP contribution < -0.4 is 15.5 Å². The summed E-state index contributed by atoms with van der Waals surface area (Å²) < 4.78 is 5.71.